The predicted octanol–water partition coefficient (Wildman–Crippen LogP) is 1.76. The van der Waals surface area contributed by atoms with Crippen LogP contribution in [0.15, 0.2) is 36.4 Å². The molecule has 6 heteroatoms. The van der Waals surface area contributed by atoms with E-state index in [0.717, 1.165) is 5.69 Å². The smallest absolute Gasteiger partial charge is 0.358 e. The second kappa shape index (κ2) is 6.69. The van der Waals surface area contributed by atoms with Crippen molar-refractivity contribution in [3.8, 4) is 5.69 Å². The van der Waals surface area contributed by atoms with Gasteiger partial charge >= 0.3 is 11.9 Å². The van der Waals surface area contributed by atoms with Crippen LogP contribution in [-0.2, 0) is 20.7 Å². The molecule has 0 aliphatic heterocycles. The minimum atomic E-state index is -0.515. The molecule has 0 fully saturated rings. The number of hydrogen-bond acceptors (Lipinski definition) is 5. The summed E-state index contributed by atoms with van der Waals surface area (Å²) < 4.78 is 11.1. The van der Waals surface area contributed by atoms with Crippen molar-refractivity contribution in [1.29, 1.82) is 0 Å². The molecule has 1 aromatic carbocycles. The zero-order valence-electron chi connectivity index (χ0n) is 11.9. The molecule has 0 spiro atoms. The molecule has 21 heavy (non-hydrogen) atoms. The molecule has 0 radical (unpaired) electrons. The highest BCUT2D eigenvalue weighted by atomic mass is 16.5. The fourth-order valence-corrected chi connectivity index (χ4v) is 1.86. The Hall–Kier alpha value is -2.63. The quantitative estimate of drug-likeness (QED) is 0.784. The number of para-hydroxylation sites is 1. The monoisotopic (exact) mass is 288 g/mol. The lowest BCUT2D eigenvalue weighted by atomic mass is 10.2. The fraction of sp³-hybridized carbons (Fsp3) is 0.267. The number of hydrogen-bond donors (Lipinski definition) is 0. The van der Waals surface area contributed by atoms with Gasteiger partial charge in [-0.1, -0.05) is 18.2 Å². The largest absolute Gasteiger partial charge is 0.469 e. The van der Waals surface area contributed by atoms with Crippen molar-refractivity contribution in [1.82, 2.24) is 9.78 Å². The van der Waals surface area contributed by atoms with Crippen LogP contribution in [0.5, 0.6) is 0 Å². The summed E-state index contributed by atoms with van der Waals surface area (Å²) in [5.74, 6) is -0.916. The standard InChI is InChI=1S/C15H16N2O4/c1-3-21-15(19)13-9-12(10-14(18)20-2)17(16-13)11-7-5-4-6-8-11/h4-9H,3,10H2,1-2H3. The molecule has 1 aromatic heterocycles. The van der Waals surface area contributed by atoms with Gasteiger partial charge < -0.3 is 9.47 Å². The van der Waals surface area contributed by atoms with Gasteiger partial charge in [0.2, 0.25) is 0 Å². The average Bonchev–Trinajstić information content (AvgIpc) is 2.92. The Morgan fingerprint density at radius 2 is 1.95 bits per heavy atom. The van der Waals surface area contributed by atoms with Crippen LogP contribution < -0.4 is 0 Å². The molecule has 6 nitrogen and oxygen atoms in total. The van der Waals surface area contributed by atoms with Crippen molar-refractivity contribution in [2.75, 3.05) is 13.7 Å². The number of carbonyl (C=O) groups excluding carboxylic acids is 2. The molecule has 2 rings (SSSR count). The first kappa shape index (κ1) is 14.8. The third kappa shape index (κ3) is 3.47. The number of benzene rings is 1. The van der Waals surface area contributed by atoms with E-state index in [-0.39, 0.29) is 18.7 Å². The van der Waals surface area contributed by atoms with Crippen molar-refractivity contribution >= 4 is 11.9 Å². The summed E-state index contributed by atoms with van der Waals surface area (Å²) in [7, 11) is 1.32. The lowest BCUT2D eigenvalue weighted by Crippen LogP contribution is -2.10. The van der Waals surface area contributed by atoms with Gasteiger partial charge in [0.15, 0.2) is 5.69 Å². The van der Waals surface area contributed by atoms with E-state index < -0.39 is 11.9 Å². The van der Waals surface area contributed by atoms with Crippen LogP contribution in [0.4, 0.5) is 0 Å². The zero-order chi connectivity index (χ0) is 15.2. The van der Waals surface area contributed by atoms with E-state index in [0.29, 0.717) is 5.69 Å². The zero-order valence-corrected chi connectivity index (χ0v) is 11.9. The summed E-state index contributed by atoms with van der Waals surface area (Å²) in [5.41, 5.74) is 1.49. The molecule has 0 N–H and O–H groups in total. The van der Waals surface area contributed by atoms with E-state index >= 15 is 0 Å². The second-order valence-electron chi connectivity index (χ2n) is 4.24. The van der Waals surface area contributed by atoms with Crippen LogP contribution in [0.2, 0.25) is 0 Å². The van der Waals surface area contributed by atoms with E-state index in [2.05, 4.69) is 9.84 Å². The summed E-state index contributed by atoms with van der Waals surface area (Å²) in [6.45, 7) is 1.99. The van der Waals surface area contributed by atoms with E-state index in [1.807, 2.05) is 30.3 Å². The number of esters is 2. The molecule has 2 aromatic rings. The first-order valence-electron chi connectivity index (χ1n) is 6.54. The van der Waals surface area contributed by atoms with Gasteiger partial charge in [-0.2, -0.15) is 5.10 Å². The molecular formula is C15H16N2O4. The molecule has 0 unspecified atom stereocenters. The Kier molecular flexibility index (Phi) is 4.71. The average molecular weight is 288 g/mol. The van der Waals surface area contributed by atoms with E-state index in [4.69, 9.17) is 4.74 Å². The van der Waals surface area contributed by atoms with Crippen molar-refractivity contribution in [2.45, 2.75) is 13.3 Å². The summed E-state index contributed by atoms with van der Waals surface area (Å²) in [4.78, 5) is 23.3. The van der Waals surface area contributed by atoms with E-state index in [1.54, 1.807) is 17.7 Å². The van der Waals surface area contributed by atoms with Crippen LogP contribution in [0, 0.1) is 0 Å². The molecule has 0 saturated heterocycles. The maximum atomic E-state index is 11.8. The number of carbonyl (C=O) groups is 2. The number of ether oxygens (including phenoxy) is 2. The van der Waals surface area contributed by atoms with Crippen molar-refractivity contribution in [2.24, 2.45) is 0 Å². The Labute approximate surface area is 122 Å². The van der Waals surface area contributed by atoms with Crippen LogP contribution in [0.3, 0.4) is 0 Å². The number of methoxy groups -OCH3 is 1. The van der Waals surface area contributed by atoms with Gasteiger partial charge in [0.05, 0.1) is 31.5 Å². The Morgan fingerprint density at radius 1 is 1.24 bits per heavy atom. The molecule has 0 atom stereocenters. The molecule has 0 saturated carbocycles. The Morgan fingerprint density at radius 3 is 2.57 bits per heavy atom. The first-order chi connectivity index (χ1) is 10.2. The lowest BCUT2D eigenvalue weighted by Gasteiger charge is -2.06. The highest BCUT2D eigenvalue weighted by molar-refractivity contribution is 5.87. The summed E-state index contributed by atoms with van der Waals surface area (Å²) in [5, 5.41) is 4.22. The molecule has 0 amide bonds. The molecular weight excluding hydrogens is 272 g/mol. The van der Waals surface area contributed by atoms with Gasteiger partial charge in [-0.05, 0) is 25.1 Å². The van der Waals surface area contributed by atoms with E-state index in [9.17, 15) is 9.59 Å². The Bertz CT molecular complexity index is 634. The normalized spacial score (nSPS) is 10.2. The minimum absolute atomic E-state index is 0.0256. The maximum absolute atomic E-state index is 11.8. The SMILES string of the molecule is CCOC(=O)c1cc(CC(=O)OC)n(-c2ccccc2)n1. The molecule has 0 bridgehead atoms. The maximum Gasteiger partial charge on any atom is 0.358 e. The minimum Gasteiger partial charge on any atom is -0.469 e. The van der Waals surface area contributed by atoms with Gasteiger partial charge in [0.1, 0.15) is 0 Å². The van der Waals surface area contributed by atoms with Crippen molar-refractivity contribution < 1.29 is 19.1 Å². The van der Waals surface area contributed by atoms with Crippen molar-refractivity contribution in [3.05, 3.63) is 47.8 Å². The van der Waals surface area contributed by atoms with Crippen molar-refractivity contribution in [3.63, 3.8) is 0 Å². The second-order valence-corrected chi connectivity index (χ2v) is 4.24. The van der Waals surface area contributed by atoms with Gasteiger partial charge in [0.25, 0.3) is 0 Å². The Balaban J connectivity index is 2.41. The number of aromatic nitrogens is 2. The fourth-order valence-electron chi connectivity index (χ4n) is 1.86. The van der Waals surface area contributed by atoms with Gasteiger partial charge in [-0.25, -0.2) is 9.48 Å². The highest BCUT2D eigenvalue weighted by Crippen LogP contribution is 2.14. The third-order valence-corrected chi connectivity index (χ3v) is 2.82. The summed E-state index contributed by atoms with van der Waals surface area (Å²) in [6, 6.07) is 10.8. The van der Waals surface area contributed by atoms with Gasteiger partial charge in [-0.3, -0.25) is 4.79 Å². The van der Waals surface area contributed by atoms with Crippen LogP contribution in [0.1, 0.15) is 23.1 Å². The van der Waals surface area contributed by atoms with Gasteiger partial charge in [-0.15, -0.1) is 0 Å². The number of rotatable bonds is 5. The molecule has 0 aliphatic carbocycles. The first-order valence-corrected chi connectivity index (χ1v) is 6.54. The van der Waals surface area contributed by atoms with Crippen LogP contribution in [-0.4, -0.2) is 35.4 Å². The van der Waals surface area contributed by atoms with Gasteiger partial charge in [0, 0.05) is 0 Å². The summed E-state index contributed by atoms with van der Waals surface area (Å²) in [6.07, 6.45) is 0.0256. The lowest BCUT2D eigenvalue weighted by molar-refractivity contribution is -0.139. The summed E-state index contributed by atoms with van der Waals surface area (Å²) >= 11 is 0. The van der Waals surface area contributed by atoms with E-state index in [1.165, 1.54) is 7.11 Å². The topological polar surface area (TPSA) is 70.4 Å². The van der Waals surface area contributed by atoms with Crippen LogP contribution >= 0.6 is 0 Å². The van der Waals surface area contributed by atoms with Crippen LogP contribution in [0.25, 0.3) is 5.69 Å². The highest BCUT2D eigenvalue weighted by Gasteiger charge is 2.18. The number of nitrogens with zero attached hydrogens (tertiary/aromatic N) is 2. The molecule has 110 valence electrons. The third-order valence-electron chi connectivity index (χ3n) is 2.82. The molecule has 1 heterocycles. The molecule has 0 aliphatic rings. The predicted molar refractivity (Wildman–Crippen MR) is 75.2 cm³/mol.